The normalized spacial score (nSPS) is 18.4. The van der Waals surface area contributed by atoms with Crippen LogP contribution in [0.2, 0.25) is 0 Å². The summed E-state index contributed by atoms with van der Waals surface area (Å²) in [6.07, 6.45) is 0.643. The summed E-state index contributed by atoms with van der Waals surface area (Å²) in [5, 5.41) is 10.3. The van der Waals surface area contributed by atoms with Crippen LogP contribution in [0.3, 0.4) is 0 Å². The molecule has 0 spiro atoms. The van der Waals surface area contributed by atoms with Gasteiger partial charge in [0.25, 0.3) is 0 Å². The van der Waals surface area contributed by atoms with Crippen molar-refractivity contribution in [2.75, 3.05) is 13.7 Å². The summed E-state index contributed by atoms with van der Waals surface area (Å²) in [4.78, 5) is 23.3. The quantitative estimate of drug-likeness (QED) is 0.386. The number of rotatable bonds is 7. The molecule has 2 aromatic carbocycles. The highest BCUT2D eigenvalue weighted by Gasteiger charge is 2.34. The second-order valence-electron chi connectivity index (χ2n) is 6.74. The Kier molecular flexibility index (Phi) is 5.93. The highest BCUT2D eigenvalue weighted by molar-refractivity contribution is 5.95. The van der Waals surface area contributed by atoms with E-state index in [1.807, 2.05) is 48.5 Å². The molecule has 7 heteroatoms. The number of hydrogen-bond donors (Lipinski definition) is 3. The Balaban J connectivity index is 1.54. The summed E-state index contributed by atoms with van der Waals surface area (Å²) in [7, 11) is 1.32. The number of nitrogens with one attached hydrogen (secondary N) is 2. The minimum atomic E-state index is -0.381. The average molecular weight is 381 g/mol. The molecule has 1 amide bonds. The van der Waals surface area contributed by atoms with E-state index in [2.05, 4.69) is 10.1 Å². The zero-order chi connectivity index (χ0) is 20.1. The third-order valence-electron chi connectivity index (χ3n) is 4.76. The van der Waals surface area contributed by atoms with Crippen molar-refractivity contribution in [1.82, 2.24) is 5.32 Å². The Morgan fingerprint density at radius 3 is 2.32 bits per heavy atom. The Labute approximate surface area is 163 Å². The molecule has 1 fully saturated rings. The van der Waals surface area contributed by atoms with Crippen LogP contribution in [0.1, 0.15) is 18.4 Å². The van der Waals surface area contributed by atoms with E-state index in [0.29, 0.717) is 24.3 Å². The lowest BCUT2D eigenvalue weighted by Crippen LogP contribution is -2.31. The van der Waals surface area contributed by atoms with Gasteiger partial charge in [0.05, 0.1) is 25.5 Å². The molecule has 0 radical (unpaired) electrons. The molecule has 7 nitrogen and oxygen atoms in total. The molecule has 1 heterocycles. The predicted molar refractivity (Wildman–Crippen MR) is 105 cm³/mol. The summed E-state index contributed by atoms with van der Waals surface area (Å²) in [5.41, 5.74) is 8.20. The topological polar surface area (TPSA) is 114 Å². The van der Waals surface area contributed by atoms with Gasteiger partial charge in [-0.15, -0.1) is 0 Å². The SMILES string of the molecule is COC(=O)C[C@H]1C[C@@H](COc2ccc(-c3ccc(C(=N)N)cc3)cc2)NC1=O. The van der Waals surface area contributed by atoms with Gasteiger partial charge in [-0.1, -0.05) is 36.4 Å². The van der Waals surface area contributed by atoms with Crippen molar-refractivity contribution in [2.45, 2.75) is 18.9 Å². The van der Waals surface area contributed by atoms with Gasteiger partial charge in [-0.2, -0.15) is 0 Å². The molecule has 1 aliphatic heterocycles. The molecular weight excluding hydrogens is 358 g/mol. The first-order valence-corrected chi connectivity index (χ1v) is 9.01. The van der Waals surface area contributed by atoms with Crippen molar-refractivity contribution in [3.05, 3.63) is 54.1 Å². The van der Waals surface area contributed by atoms with Crippen LogP contribution in [-0.2, 0) is 14.3 Å². The Morgan fingerprint density at radius 2 is 1.75 bits per heavy atom. The molecule has 0 aromatic heterocycles. The lowest BCUT2D eigenvalue weighted by molar-refractivity contribution is -0.143. The molecule has 0 aliphatic carbocycles. The highest BCUT2D eigenvalue weighted by Crippen LogP contribution is 2.24. The molecule has 1 saturated heterocycles. The van der Waals surface area contributed by atoms with E-state index in [-0.39, 0.29) is 36.1 Å². The number of carbonyl (C=O) groups excluding carboxylic acids is 2. The number of amidine groups is 1. The van der Waals surface area contributed by atoms with Crippen molar-refractivity contribution >= 4 is 17.7 Å². The van der Waals surface area contributed by atoms with E-state index in [1.165, 1.54) is 7.11 Å². The van der Waals surface area contributed by atoms with E-state index in [0.717, 1.165) is 11.1 Å². The highest BCUT2D eigenvalue weighted by atomic mass is 16.5. The van der Waals surface area contributed by atoms with Gasteiger partial charge in [-0.3, -0.25) is 15.0 Å². The number of nitrogens with two attached hydrogens (primary N) is 1. The lowest BCUT2D eigenvalue weighted by Gasteiger charge is -2.12. The van der Waals surface area contributed by atoms with Crippen molar-refractivity contribution < 1.29 is 19.1 Å². The van der Waals surface area contributed by atoms with E-state index in [1.54, 1.807) is 0 Å². The number of methoxy groups -OCH3 is 1. The fourth-order valence-corrected chi connectivity index (χ4v) is 3.18. The molecule has 4 N–H and O–H groups in total. The summed E-state index contributed by atoms with van der Waals surface area (Å²) >= 11 is 0. The minimum Gasteiger partial charge on any atom is -0.491 e. The van der Waals surface area contributed by atoms with Gasteiger partial charge in [0, 0.05) is 5.56 Å². The van der Waals surface area contributed by atoms with Gasteiger partial charge in [0.15, 0.2) is 0 Å². The molecule has 2 atom stereocenters. The van der Waals surface area contributed by atoms with Crippen molar-refractivity contribution in [1.29, 1.82) is 5.41 Å². The van der Waals surface area contributed by atoms with Crippen LogP contribution in [0.25, 0.3) is 11.1 Å². The zero-order valence-electron chi connectivity index (χ0n) is 15.6. The lowest BCUT2D eigenvalue weighted by atomic mass is 10.0. The molecule has 146 valence electrons. The maximum atomic E-state index is 11.9. The molecule has 3 rings (SSSR count). The second-order valence-corrected chi connectivity index (χ2v) is 6.74. The Bertz CT molecular complexity index is 862. The number of ether oxygens (including phenoxy) is 2. The van der Waals surface area contributed by atoms with Crippen LogP contribution < -0.4 is 15.8 Å². The Morgan fingerprint density at radius 1 is 1.14 bits per heavy atom. The fourth-order valence-electron chi connectivity index (χ4n) is 3.18. The molecule has 0 bridgehead atoms. The molecular formula is C21H23N3O4. The Hall–Kier alpha value is -3.35. The van der Waals surface area contributed by atoms with Crippen LogP contribution in [0.4, 0.5) is 0 Å². The first-order valence-electron chi connectivity index (χ1n) is 9.01. The van der Waals surface area contributed by atoms with Gasteiger partial charge in [-0.25, -0.2) is 0 Å². The van der Waals surface area contributed by atoms with Crippen LogP contribution in [0.15, 0.2) is 48.5 Å². The van der Waals surface area contributed by atoms with E-state index in [4.69, 9.17) is 15.9 Å². The largest absolute Gasteiger partial charge is 0.491 e. The molecule has 1 aliphatic rings. The van der Waals surface area contributed by atoms with Gasteiger partial charge in [0.1, 0.15) is 18.2 Å². The van der Waals surface area contributed by atoms with Gasteiger partial charge < -0.3 is 20.5 Å². The summed E-state index contributed by atoms with van der Waals surface area (Å²) in [5.74, 6) is -0.128. The van der Waals surface area contributed by atoms with Crippen molar-refractivity contribution in [2.24, 2.45) is 11.7 Å². The van der Waals surface area contributed by atoms with E-state index < -0.39 is 0 Å². The molecule has 2 aromatic rings. The van der Waals surface area contributed by atoms with Gasteiger partial charge in [-0.05, 0) is 29.7 Å². The fraction of sp³-hybridized carbons (Fsp3) is 0.286. The summed E-state index contributed by atoms with van der Waals surface area (Å²) in [6.45, 7) is 0.343. The smallest absolute Gasteiger partial charge is 0.306 e. The van der Waals surface area contributed by atoms with Crippen LogP contribution in [0.5, 0.6) is 5.75 Å². The van der Waals surface area contributed by atoms with Crippen molar-refractivity contribution in [3.8, 4) is 16.9 Å². The van der Waals surface area contributed by atoms with Gasteiger partial charge in [0.2, 0.25) is 5.91 Å². The number of carbonyl (C=O) groups is 2. The van der Waals surface area contributed by atoms with Crippen LogP contribution >= 0.6 is 0 Å². The predicted octanol–water partition coefficient (Wildman–Crippen LogP) is 2.08. The third-order valence-corrected chi connectivity index (χ3v) is 4.76. The minimum absolute atomic E-state index is 0.0446. The second kappa shape index (κ2) is 8.56. The van der Waals surface area contributed by atoms with Crippen molar-refractivity contribution in [3.63, 3.8) is 0 Å². The van der Waals surface area contributed by atoms with E-state index >= 15 is 0 Å². The third kappa shape index (κ3) is 4.68. The molecule has 0 unspecified atom stereocenters. The monoisotopic (exact) mass is 381 g/mol. The zero-order valence-corrected chi connectivity index (χ0v) is 15.6. The number of amides is 1. The number of hydrogen-bond acceptors (Lipinski definition) is 5. The number of nitrogen functional groups attached to an aromatic ring is 1. The number of benzene rings is 2. The first-order chi connectivity index (χ1) is 13.5. The summed E-state index contributed by atoms with van der Waals surface area (Å²) < 4.78 is 10.4. The summed E-state index contributed by atoms with van der Waals surface area (Å²) in [6, 6.07) is 15.0. The molecule has 0 saturated carbocycles. The maximum Gasteiger partial charge on any atom is 0.306 e. The maximum absolute atomic E-state index is 11.9. The standard InChI is InChI=1S/C21H23N3O4/c1-27-19(25)11-16-10-17(24-21(16)26)12-28-18-8-6-14(7-9-18)13-2-4-15(5-3-13)20(22)23/h2-9,16-17H,10-12H2,1H3,(H3,22,23)(H,24,26)/t16-,17+/m1/s1. The van der Waals surface area contributed by atoms with Crippen LogP contribution in [0, 0.1) is 11.3 Å². The van der Waals surface area contributed by atoms with Gasteiger partial charge >= 0.3 is 5.97 Å². The average Bonchev–Trinajstić information content (AvgIpc) is 3.06. The van der Waals surface area contributed by atoms with E-state index in [9.17, 15) is 9.59 Å². The molecule has 28 heavy (non-hydrogen) atoms. The number of esters is 1. The van der Waals surface area contributed by atoms with Crippen LogP contribution in [-0.4, -0.2) is 37.5 Å². The first kappa shape index (κ1) is 19.4.